The van der Waals surface area contributed by atoms with Gasteiger partial charge in [0.1, 0.15) is 0 Å². The number of aliphatic hydroxyl groups is 2. The van der Waals surface area contributed by atoms with E-state index in [4.69, 9.17) is 4.74 Å². The Hall–Kier alpha value is -1.40. The van der Waals surface area contributed by atoms with Crippen molar-refractivity contribution < 1.29 is 24.5 Å². The van der Waals surface area contributed by atoms with Crippen LogP contribution in [-0.2, 0) is 14.3 Å². The molecule has 1 amide bonds. The molecule has 0 bridgehead atoms. The maximum Gasteiger partial charge on any atom is 0.305 e. The summed E-state index contributed by atoms with van der Waals surface area (Å²) in [7, 11) is 0. The van der Waals surface area contributed by atoms with E-state index >= 15 is 0 Å². The lowest BCUT2D eigenvalue weighted by Crippen LogP contribution is -2.45. The Morgan fingerprint density at radius 2 is 0.639 bits per heavy atom. The number of allylic oxidation sites excluding steroid dienone is 1. The van der Waals surface area contributed by atoms with Crippen LogP contribution in [0.15, 0.2) is 12.2 Å². The maximum absolute atomic E-state index is 12.5. The number of hydrogen-bond acceptors (Lipinski definition) is 5. The number of nitrogens with one attached hydrogen (secondary N) is 1. The molecular formula is C66H129NO5. The molecule has 0 spiro atoms. The van der Waals surface area contributed by atoms with Gasteiger partial charge in [-0.15, -0.1) is 0 Å². The Morgan fingerprint density at radius 1 is 0.375 bits per heavy atom. The van der Waals surface area contributed by atoms with Gasteiger partial charge in [0.25, 0.3) is 0 Å². The third kappa shape index (κ3) is 57.9. The van der Waals surface area contributed by atoms with Crippen molar-refractivity contribution in [2.45, 2.75) is 386 Å². The summed E-state index contributed by atoms with van der Waals surface area (Å²) in [5.41, 5.74) is 0. The average Bonchev–Trinajstić information content (AvgIpc) is 3.38. The summed E-state index contributed by atoms with van der Waals surface area (Å²) in [4.78, 5) is 24.6. The number of amides is 1. The fourth-order valence-electron chi connectivity index (χ4n) is 10.5. The molecule has 0 aromatic rings. The number of ether oxygens (including phenoxy) is 1. The van der Waals surface area contributed by atoms with Crippen molar-refractivity contribution in [3.8, 4) is 0 Å². The lowest BCUT2D eigenvalue weighted by Gasteiger charge is -2.20. The number of hydrogen-bond donors (Lipinski definition) is 3. The Balaban J connectivity index is 3.41. The van der Waals surface area contributed by atoms with Crippen molar-refractivity contribution in [2.24, 2.45) is 0 Å². The third-order valence-corrected chi connectivity index (χ3v) is 15.6. The zero-order valence-electron chi connectivity index (χ0n) is 48.9. The molecular weight excluding hydrogens is 887 g/mol. The molecule has 428 valence electrons. The van der Waals surface area contributed by atoms with Crippen LogP contribution < -0.4 is 5.32 Å². The average molecular weight is 1020 g/mol. The normalized spacial score (nSPS) is 12.6. The number of esters is 1. The predicted molar refractivity (Wildman–Crippen MR) is 315 cm³/mol. The van der Waals surface area contributed by atoms with Crippen molar-refractivity contribution in [3.63, 3.8) is 0 Å². The molecule has 0 rings (SSSR count). The number of aliphatic hydroxyl groups excluding tert-OH is 2. The van der Waals surface area contributed by atoms with Crippen LogP contribution in [0.2, 0.25) is 0 Å². The van der Waals surface area contributed by atoms with Crippen molar-refractivity contribution in [1.82, 2.24) is 5.32 Å². The minimum absolute atomic E-state index is 0.0119. The molecule has 72 heavy (non-hydrogen) atoms. The Labute approximate surface area is 450 Å². The first kappa shape index (κ1) is 70.6. The zero-order chi connectivity index (χ0) is 52.2. The largest absolute Gasteiger partial charge is 0.466 e. The highest BCUT2D eigenvalue weighted by Gasteiger charge is 2.18. The molecule has 6 heteroatoms. The summed E-state index contributed by atoms with van der Waals surface area (Å²) in [6.07, 6.45) is 75.4. The van der Waals surface area contributed by atoms with Crippen LogP contribution in [0.1, 0.15) is 373 Å². The molecule has 0 fully saturated rings. The first-order valence-electron chi connectivity index (χ1n) is 33.0. The zero-order valence-corrected chi connectivity index (χ0v) is 48.9. The van der Waals surface area contributed by atoms with E-state index in [1.807, 2.05) is 6.08 Å². The quantitative estimate of drug-likeness (QED) is 0.0320. The lowest BCUT2D eigenvalue weighted by atomic mass is 10.0. The Kier molecular flexibility index (Phi) is 60.9. The second-order valence-corrected chi connectivity index (χ2v) is 22.8. The summed E-state index contributed by atoms with van der Waals surface area (Å²) in [6, 6.07) is -0.631. The van der Waals surface area contributed by atoms with E-state index < -0.39 is 12.1 Å². The van der Waals surface area contributed by atoms with Crippen LogP contribution >= 0.6 is 0 Å². The molecule has 0 heterocycles. The second kappa shape index (κ2) is 62.1. The molecule has 0 saturated carbocycles. The van der Waals surface area contributed by atoms with Gasteiger partial charge in [0.05, 0.1) is 25.4 Å². The minimum atomic E-state index is -0.847. The SMILES string of the molecule is CCCCCCCCCCCCCCCCCCC/C=C/C(O)C(CO)NC(=O)CCCCCCCCCCCCCCCCCCCCOC(=O)CCCCCCCCCCCCCCCCCCCC. The van der Waals surface area contributed by atoms with Gasteiger partial charge < -0.3 is 20.3 Å². The topological polar surface area (TPSA) is 95.9 Å². The molecule has 2 atom stereocenters. The van der Waals surface area contributed by atoms with Crippen LogP contribution in [0.25, 0.3) is 0 Å². The molecule has 3 N–H and O–H groups in total. The van der Waals surface area contributed by atoms with Crippen molar-refractivity contribution in [2.75, 3.05) is 13.2 Å². The van der Waals surface area contributed by atoms with Gasteiger partial charge in [-0.2, -0.15) is 0 Å². The Bertz CT molecular complexity index is 1080. The molecule has 6 nitrogen and oxygen atoms in total. The van der Waals surface area contributed by atoms with Crippen LogP contribution in [0.4, 0.5) is 0 Å². The molecule has 0 saturated heterocycles. The fourth-order valence-corrected chi connectivity index (χ4v) is 10.5. The van der Waals surface area contributed by atoms with E-state index in [1.54, 1.807) is 6.08 Å². The lowest BCUT2D eigenvalue weighted by molar-refractivity contribution is -0.143. The number of unbranched alkanes of at least 4 members (excludes halogenated alkanes) is 51. The summed E-state index contributed by atoms with van der Waals surface area (Å²) in [6.45, 7) is 4.94. The van der Waals surface area contributed by atoms with Crippen LogP contribution in [0.3, 0.4) is 0 Å². The van der Waals surface area contributed by atoms with E-state index in [0.717, 1.165) is 38.5 Å². The highest BCUT2D eigenvalue weighted by atomic mass is 16.5. The highest BCUT2D eigenvalue weighted by Crippen LogP contribution is 2.18. The van der Waals surface area contributed by atoms with E-state index in [9.17, 15) is 19.8 Å². The Morgan fingerprint density at radius 3 is 0.944 bits per heavy atom. The van der Waals surface area contributed by atoms with E-state index in [1.165, 1.54) is 308 Å². The van der Waals surface area contributed by atoms with E-state index in [-0.39, 0.29) is 18.5 Å². The highest BCUT2D eigenvalue weighted by molar-refractivity contribution is 5.76. The molecule has 0 aliphatic heterocycles. The van der Waals surface area contributed by atoms with E-state index in [0.29, 0.717) is 19.4 Å². The van der Waals surface area contributed by atoms with Gasteiger partial charge in [0, 0.05) is 12.8 Å². The smallest absolute Gasteiger partial charge is 0.305 e. The molecule has 0 aliphatic rings. The third-order valence-electron chi connectivity index (χ3n) is 15.6. The summed E-state index contributed by atoms with van der Waals surface area (Å²) in [5, 5.41) is 23.2. The van der Waals surface area contributed by atoms with Gasteiger partial charge >= 0.3 is 5.97 Å². The van der Waals surface area contributed by atoms with Gasteiger partial charge in [-0.25, -0.2) is 0 Å². The van der Waals surface area contributed by atoms with E-state index in [2.05, 4.69) is 19.2 Å². The molecule has 0 aromatic heterocycles. The minimum Gasteiger partial charge on any atom is -0.466 e. The van der Waals surface area contributed by atoms with Gasteiger partial charge in [0.15, 0.2) is 0 Å². The maximum atomic E-state index is 12.5. The fraction of sp³-hybridized carbons (Fsp3) is 0.939. The van der Waals surface area contributed by atoms with Crippen molar-refractivity contribution in [3.05, 3.63) is 12.2 Å². The monoisotopic (exact) mass is 1020 g/mol. The van der Waals surface area contributed by atoms with Gasteiger partial charge in [0.2, 0.25) is 5.91 Å². The van der Waals surface area contributed by atoms with Gasteiger partial charge in [-0.1, -0.05) is 341 Å². The molecule has 0 radical (unpaired) electrons. The van der Waals surface area contributed by atoms with Crippen molar-refractivity contribution >= 4 is 11.9 Å². The van der Waals surface area contributed by atoms with Gasteiger partial charge in [-0.05, 0) is 32.1 Å². The molecule has 0 aliphatic carbocycles. The summed E-state index contributed by atoms with van der Waals surface area (Å²) >= 11 is 0. The predicted octanol–water partition coefficient (Wildman–Crippen LogP) is 20.8. The number of rotatable bonds is 62. The molecule has 2 unspecified atom stereocenters. The van der Waals surface area contributed by atoms with Crippen LogP contribution in [0, 0.1) is 0 Å². The first-order valence-corrected chi connectivity index (χ1v) is 33.0. The molecule has 0 aromatic carbocycles. The standard InChI is InChI=1S/C66H129NO5/c1-3-5-7-9-11-13-15-17-19-21-23-26-30-34-38-42-46-50-54-58-64(69)63(62-68)67-65(70)59-55-51-47-43-39-35-31-27-24-25-29-33-37-41-45-49-53-57-61-72-66(71)60-56-52-48-44-40-36-32-28-22-20-18-16-14-12-10-8-6-4-2/h54,58,63-64,68-69H,3-53,55-57,59-62H2,1-2H3,(H,67,70)/b58-54+. The number of carbonyl (C=O) groups excluding carboxylic acids is 2. The summed E-state index contributed by atoms with van der Waals surface area (Å²) in [5.74, 6) is -0.0561. The van der Waals surface area contributed by atoms with Gasteiger partial charge in [-0.3, -0.25) is 9.59 Å². The first-order chi connectivity index (χ1) is 35.5. The van der Waals surface area contributed by atoms with Crippen molar-refractivity contribution in [1.29, 1.82) is 0 Å². The van der Waals surface area contributed by atoms with Crippen LogP contribution in [0.5, 0.6) is 0 Å². The number of carbonyl (C=O) groups is 2. The second-order valence-electron chi connectivity index (χ2n) is 22.8. The summed E-state index contributed by atoms with van der Waals surface area (Å²) < 4.78 is 5.50. The van der Waals surface area contributed by atoms with Crippen LogP contribution in [-0.4, -0.2) is 47.4 Å².